The van der Waals surface area contributed by atoms with Gasteiger partial charge in [-0.3, -0.25) is 0 Å². The van der Waals surface area contributed by atoms with Gasteiger partial charge in [0.15, 0.2) is 0 Å². The molecule has 4 heteroatoms. The quantitative estimate of drug-likeness (QED) is 0.345. The third-order valence-electron chi connectivity index (χ3n) is 2.47. The highest BCUT2D eigenvalue weighted by Gasteiger charge is 2.03. The molecule has 94 valence electrons. The molecule has 0 amide bonds. The van der Waals surface area contributed by atoms with Crippen LogP contribution in [0.5, 0.6) is 5.75 Å². The lowest BCUT2D eigenvalue weighted by molar-refractivity contribution is 0.210. The second kappa shape index (κ2) is 6.78. The molecule has 1 unspecified atom stereocenters. The van der Waals surface area contributed by atoms with Crippen LogP contribution in [0.4, 0.5) is 0 Å². The van der Waals surface area contributed by atoms with Crippen molar-refractivity contribution in [1.82, 2.24) is 0 Å². The highest BCUT2D eigenvalue weighted by molar-refractivity contribution is 5.82. The number of amidine groups is 1. The molecule has 1 aromatic carbocycles. The Morgan fingerprint density at radius 1 is 1.41 bits per heavy atom. The van der Waals surface area contributed by atoms with Crippen LogP contribution in [0.2, 0.25) is 0 Å². The zero-order chi connectivity index (χ0) is 12.7. The Balaban J connectivity index is 2.55. The number of nitrogens with zero attached hydrogens (tertiary/aromatic N) is 1. The average molecular weight is 236 g/mol. The van der Waals surface area contributed by atoms with Gasteiger partial charge in [0, 0.05) is 6.42 Å². The van der Waals surface area contributed by atoms with Gasteiger partial charge in [0.05, 0.1) is 6.10 Å². The second-order valence-corrected chi connectivity index (χ2v) is 4.13. The van der Waals surface area contributed by atoms with Gasteiger partial charge in [-0.05, 0) is 31.0 Å². The van der Waals surface area contributed by atoms with Crippen LogP contribution in [0.15, 0.2) is 29.4 Å². The summed E-state index contributed by atoms with van der Waals surface area (Å²) in [6.07, 6.45) is 2.84. The smallest absolute Gasteiger partial charge is 0.143 e. The minimum atomic E-state index is 0.206. The van der Waals surface area contributed by atoms with Gasteiger partial charge in [0.25, 0.3) is 0 Å². The molecule has 0 radical (unpaired) electrons. The van der Waals surface area contributed by atoms with E-state index in [0.29, 0.717) is 6.42 Å². The monoisotopic (exact) mass is 236 g/mol. The van der Waals surface area contributed by atoms with E-state index in [0.717, 1.165) is 24.2 Å². The molecule has 0 aliphatic heterocycles. The molecular weight excluding hydrogens is 216 g/mol. The zero-order valence-corrected chi connectivity index (χ0v) is 10.4. The van der Waals surface area contributed by atoms with Crippen LogP contribution < -0.4 is 10.5 Å². The van der Waals surface area contributed by atoms with Gasteiger partial charge in [-0.2, -0.15) is 0 Å². The van der Waals surface area contributed by atoms with Crippen molar-refractivity contribution in [1.29, 1.82) is 0 Å². The van der Waals surface area contributed by atoms with E-state index in [1.807, 2.05) is 24.3 Å². The number of oxime groups is 1. The molecule has 0 saturated carbocycles. The molecule has 0 aromatic heterocycles. The molecular formula is C13H20N2O2. The lowest BCUT2D eigenvalue weighted by Crippen LogP contribution is -2.14. The van der Waals surface area contributed by atoms with Crippen LogP contribution in [0, 0.1) is 0 Å². The number of hydrogen-bond acceptors (Lipinski definition) is 3. The highest BCUT2D eigenvalue weighted by Crippen LogP contribution is 2.15. The van der Waals surface area contributed by atoms with Crippen LogP contribution in [-0.4, -0.2) is 17.1 Å². The molecule has 0 saturated heterocycles. The Morgan fingerprint density at radius 2 is 2.06 bits per heavy atom. The van der Waals surface area contributed by atoms with Crippen LogP contribution in [0.1, 0.15) is 32.3 Å². The fraction of sp³-hybridized carbons (Fsp3) is 0.462. The van der Waals surface area contributed by atoms with Crippen LogP contribution in [0.3, 0.4) is 0 Å². The average Bonchev–Trinajstić information content (AvgIpc) is 2.32. The van der Waals surface area contributed by atoms with E-state index >= 15 is 0 Å². The minimum Gasteiger partial charge on any atom is -0.491 e. The number of rotatable bonds is 6. The molecule has 17 heavy (non-hydrogen) atoms. The van der Waals surface area contributed by atoms with Gasteiger partial charge in [-0.1, -0.05) is 30.6 Å². The van der Waals surface area contributed by atoms with Crippen molar-refractivity contribution in [2.75, 3.05) is 0 Å². The van der Waals surface area contributed by atoms with Gasteiger partial charge in [0.1, 0.15) is 11.6 Å². The lowest BCUT2D eigenvalue weighted by atomic mass is 10.1. The van der Waals surface area contributed by atoms with Gasteiger partial charge in [-0.25, -0.2) is 0 Å². The van der Waals surface area contributed by atoms with E-state index in [2.05, 4.69) is 19.0 Å². The molecule has 1 atom stereocenters. The first-order valence-electron chi connectivity index (χ1n) is 5.87. The first-order valence-corrected chi connectivity index (χ1v) is 5.87. The summed E-state index contributed by atoms with van der Waals surface area (Å²) in [7, 11) is 0. The molecule has 3 N–H and O–H groups in total. The number of nitrogens with two attached hydrogens (primary N) is 1. The molecule has 0 aliphatic rings. The van der Waals surface area contributed by atoms with Gasteiger partial charge in [0.2, 0.25) is 0 Å². The Morgan fingerprint density at radius 3 is 2.59 bits per heavy atom. The Bertz CT molecular complexity index is 360. The van der Waals surface area contributed by atoms with Crippen LogP contribution >= 0.6 is 0 Å². The van der Waals surface area contributed by atoms with Gasteiger partial charge < -0.3 is 15.7 Å². The summed E-state index contributed by atoms with van der Waals surface area (Å²) in [6.45, 7) is 4.20. The zero-order valence-electron chi connectivity index (χ0n) is 10.4. The molecule has 0 bridgehead atoms. The van der Waals surface area contributed by atoms with E-state index in [9.17, 15) is 0 Å². The molecule has 1 aromatic rings. The van der Waals surface area contributed by atoms with Crippen LogP contribution in [-0.2, 0) is 6.42 Å². The lowest BCUT2D eigenvalue weighted by Gasteiger charge is -2.13. The van der Waals surface area contributed by atoms with Gasteiger partial charge >= 0.3 is 0 Å². The molecule has 0 fully saturated rings. The molecule has 0 spiro atoms. The predicted molar refractivity (Wildman–Crippen MR) is 68.6 cm³/mol. The maximum Gasteiger partial charge on any atom is 0.143 e. The van der Waals surface area contributed by atoms with Crippen molar-refractivity contribution < 1.29 is 9.94 Å². The summed E-state index contributed by atoms with van der Waals surface area (Å²) in [5.74, 6) is 1.06. The second-order valence-electron chi connectivity index (χ2n) is 4.13. The van der Waals surface area contributed by atoms with Crippen molar-refractivity contribution >= 4 is 5.84 Å². The predicted octanol–water partition coefficient (Wildman–Crippen LogP) is 2.54. The summed E-state index contributed by atoms with van der Waals surface area (Å²) in [5, 5.41) is 11.4. The Kier molecular flexibility index (Phi) is 5.33. The van der Waals surface area contributed by atoms with E-state index in [1.165, 1.54) is 0 Å². The Hall–Kier alpha value is -1.71. The van der Waals surface area contributed by atoms with Crippen LogP contribution in [0.25, 0.3) is 0 Å². The summed E-state index contributed by atoms with van der Waals surface area (Å²) in [4.78, 5) is 0. The van der Waals surface area contributed by atoms with E-state index in [1.54, 1.807) is 0 Å². The van der Waals surface area contributed by atoms with E-state index < -0.39 is 0 Å². The third kappa shape index (κ3) is 4.76. The highest BCUT2D eigenvalue weighted by atomic mass is 16.5. The van der Waals surface area contributed by atoms with Crippen molar-refractivity contribution in [2.45, 2.75) is 39.2 Å². The standard InChI is InChI=1S/C13H20N2O2/c1-3-4-10(2)17-12-7-5-11(6-8-12)9-13(14)15-16/h5-8,10,16H,3-4,9H2,1-2H3,(H2,14,15). The topological polar surface area (TPSA) is 67.8 Å². The van der Waals surface area contributed by atoms with Crippen molar-refractivity contribution in [3.8, 4) is 5.75 Å². The molecule has 0 heterocycles. The maximum absolute atomic E-state index is 8.47. The maximum atomic E-state index is 8.47. The third-order valence-corrected chi connectivity index (χ3v) is 2.47. The first-order chi connectivity index (χ1) is 8.15. The number of hydrogen-bond donors (Lipinski definition) is 2. The summed E-state index contributed by atoms with van der Waals surface area (Å²) in [6, 6.07) is 7.66. The Labute approximate surface area is 102 Å². The van der Waals surface area contributed by atoms with Crippen molar-refractivity contribution in [3.05, 3.63) is 29.8 Å². The fourth-order valence-corrected chi connectivity index (χ4v) is 1.63. The summed E-state index contributed by atoms with van der Waals surface area (Å²) < 4.78 is 5.73. The van der Waals surface area contributed by atoms with Crippen molar-refractivity contribution in [3.63, 3.8) is 0 Å². The van der Waals surface area contributed by atoms with Crippen molar-refractivity contribution in [2.24, 2.45) is 10.9 Å². The normalized spacial score (nSPS) is 13.4. The van der Waals surface area contributed by atoms with E-state index in [4.69, 9.17) is 15.7 Å². The summed E-state index contributed by atoms with van der Waals surface area (Å²) >= 11 is 0. The molecule has 4 nitrogen and oxygen atoms in total. The molecule has 0 aliphatic carbocycles. The number of ether oxygens (including phenoxy) is 1. The van der Waals surface area contributed by atoms with Gasteiger partial charge in [-0.15, -0.1) is 0 Å². The fourth-order valence-electron chi connectivity index (χ4n) is 1.63. The SMILES string of the molecule is CCCC(C)Oc1ccc(C/C(N)=N/O)cc1. The largest absolute Gasteiger partial charge is 0.491 e. The number of benzene rings is 1. The van der Waals surface area contributed by atoms with E-state index in [-0.39, 0.29) is 11.9 Å². The first kappa shape index (κ1) is 13.4. The minimum absolute atomic E-state index is 0.206. The summed E-state index contributed by atoms with van der Waals surface area (Å²) in [5.41, 5.74) is 6.43. The molecule has 1 rings (SSSR count).